The highest BCUT2D eigenvalue weighted by molar-refractivity contribution is 6.15. The Hall–Kier alpha value is -2.36. The Morgan fingerprint density at radius 1 is 1.25 bits per heavy atom. The zero-order valence-electron chi connectivity index (χ0n) is 8.27. The molecule has 3 rings (SSSR count). The number of H-pyrrole nitrogens is 1. The van der Waals surface area contributed by atoms with E-state index in [1.807, 2.05) is 12.1 Å². The van der Waals surface area contributed by atoms with Crippen molar-refractivity contribution in [2.24, 2.45) is 0 Å². The van der Waals surface area contributed by atoms with Gasteiger partial charge in [-0.25, -0.2) is 9.78 Å². The Bertz CT molecular complexity index is 700. The van der Waals surface area contributed by atoms with E-state index in [9.17, 15) is 4.79 Å². The third kappa shape index (κ3) is 1.10. The molecule has 0 saturated carbocycles. The molecule has 0 saturated heterocycles. The molecule has 0 atom stereocenters. The lowest BCUT2D eigenvalue weighted by Gasteiger charge is -1.96. The first-order chi connectivity index (χ1) is 7.77. The molecule has 0 radical (unpaired) electrons. The highest BCUT2D eigenvalue weighted by atomic mass is 16.4. The molecule has 0 aliphatic heterocycles. The summed E-state index contributed by atoms with van der Waals surface area (Å²) < 4.78 is 0. The summed E-state index contributed by atoms with van der Waals surface area (Å²) in [4.78, 5) is 18.4. The molecule has 0 bridgehead atoms. The fourth-order valence-electron chi connectivity index (χ4n) is 1.96. The molecule has 2 aromatic heterocycles. The largest absolute Gasteiger partial charge is 0.478 e. The number of benzene rings is 1. The molecular weight excluding hydrogens is 204 g/mol. The van der Waals surface area contributed by atoms with Gasteiger partial charge in [0.1, 0.15) is 5.65 Å². The zero-order chi connectivity index (χ0) is 11.1. The van der Waals surface area contributed by atoms with Gasteiger partial charge in [0.2, 0.25) is 0 Å². The predicted molar refractivity (Wildman–Crippen MR) is 60.6 cm³/mol. The van der Waals surface area contributed by atoms with E-state index in [1.165, 1.54) is 0 Å². The molecule has 16 heavy (non-hydrogen) atoms. The van der Waals surface area contributed by atoms with E-state index in [1.54, 1.807) is 24.4 Å². The van der Waals surface area contributed by atoms with E-state index in [0.29, 0.717) is 11.2 Å². The van der Waals surface area contributed by atoms with Crippen molar-refractivity contribution in [3.8, 4) is 0 Å². The topological polar surface area (TPSA) is 66.0 Å². The number of aromatic nitrogens is 2. The molecule has 3 aromatic rings. The van der Waals surface area contributed by atoms with E-state index in [-0.39, 0.29) is 0 Å². The van der Waals surface area contributed by atoms with Crippen molar-refractivity contribution in [1.29, 1.82) is 0 Å². The molecule has 2 N–H and O–H groups in total. The van der Waals surface area contributed by atoms with Gasteiger partial charge in [0.05, 0.1) is 5.56 Å². The van der Waals surface area contributed by atoms with Gasteiger partial charge in [0.25, 0.3) is 0 Å². The van der Waals surface area contributed by atoms with Crippen LogP contribution in [0.2, 0.25) is 0 Å². The molecule has 78 valence electrons. The lowest BCUT2D eigenvalue weighted by atomic mass is 10.1. The Kier molecular flexibility index (Phi) is 1.71. The third-order valence-electron chi connectivity index (χ3n) is 2.62. The molecule has 0 fully saturated rings. The van der Waals surface area contributed by atoms with Gasteiger partial charge in [-0.2, -0.15) is 0 Å². The summed E-state index contributed by atoms with van der Waals surface area (Å²) in [5.74, 6) is -0.921. The highest BCUT2D eigenvalue weighted by Gasteiger charge is 2.12. The SMILES string of the molecule is O=C(O)c1cccc2[nH]c3ncccc3c12. The Balaban J connectivity index is 2.57. The van der Waals surface area contributed by atoms with Crippen LogP contribution in [-0.2, 0) is 0 Å². The van der Waals surface area contributed by atoms with E-state index in [0.717, 1.165) is 16.3 Å². The summed E-state index contributed by atoms with van der Waals surface area (Å²) in [5.41, 5.74) is 1.82. The molecule has 0 unspecified atom stereocenters. The maximum Gasteiger partial charge on any atom is 0.336 e. The van der Waals surface area contributed by atoms with Crippen LogP contribution in [0.15, 0.2) is 36.5 Å². The van der Waals surface area contributed by atoms with Crippen molar-refractivity contribution in [3.05, 3.63) is 42.1 Å². The molecule has 1 aromatic carbocycles. The maximum atomic E-state index is 11.1. The fraction of sp³-hybridized carbons (Fsp3) is 0. The van der Waals surface area contributed by atoms with Crippen molar-refractivity contribution in [3.63, 3.8) is 0 Å². The van der Waals surface area contributed by atoms with Crippen molar-refractivity contribution < 1.29 is 9.90 Å². The average molecular weight is 212 g/mol. The number of carboxylic acids is 1. The Morgan fingerprint density at radius 3 is 2.94 bits per heavy atom. The van der Waals surface area contributed by atoms with Crippen molar-refractivity contribution in [2.45, 2.75) is 0 Å². The first-order valence-corrected chi connectivity index (χ1v) is 4.86. The van der Waals surface area contributed by atoms with Gasteiger partial charge in [0, 0.05) is 22.5 Å². The van der Waals surface area contributed by atoms with Gasteiger partial charge in [-0.1, -0.05) is 6.07 Å². The van der Waals surface area contributed by atoms with Crippen LogP contribution in [-0.4, -0.2) is 21.0 Å². The maximum absolute atomic E-state index is 11.1. The van der Waals surface area contributed by atoms with E-state index >= 15 is 0 Å². The van der Waals surface area contributed by atoms with Crippen LogP contribution in [0.3, 0.4) is 0 Å². The standard InChI is InChI=1S/C12H8N2O2/c15-12(16)8-3-1-5-9-10(8)7-4-2-6-13-11(7)14-9/h1-6H,(H,13,14)(H,15,16). The van der Waals surface area contributed by atoms with Crippen LogP contribution in [0.5, 0.6) is 0 Å². The number of carboxylic acid groups (broad SMARTS) is 1. The molecule has 2 heterocycles. The molecule has 0 aliphatic rings. The van der Waals surface area contributed by atoms with Crippen LogP contribution in [0, 0.1) is 0 Å². The minimum atomic E-state index is -0.921. The predicted octanol–water partition coefficient (Wildman–Crippen LogP) is 2.41. The van der Waals surface area contributed by atoms with Crippen molar-refractivity contribution >= 4 is 27.9 Å². The van der Waals surface area contributed by atoms with Gasteiger partial charge in [-0.15, -0.1) is 0 Å². The number of carbonyl (C=O) groups is 1. The number of rotatable bonds is 1. The van der Waals surface area contributed by atoms with Crippen LogP contribution in [0.4, 0.5) is 0 Å². The van der Waals surface area contributed by atoms with E-state index < -0.39 is 5.97 Å². The summed E-state index contributed by atoms with van der Waals surface area (Å²) >= 11 is 0. The van der Waals surface area contributed by atoms with Gasteiger partial charge in [-0.05, 0) is 24.3 Å². The van der Waals surface area contributed by atoms with Gasteiger partial charge in [-0.3, -0.25) is 0 Å². The summed E-state index contributed by atoms with van der Waals surface area (Å²) in [7, 11) is 0. The van der Waals surface area contributed by atoms with Gasteiger partial charge in [0.15, 0.2) is 0 Å². The van der Waals surface area contributed by atoms with Gasteiger partial charge < -0.3 is 10.1 Å². The van der Waals surface area contributed by atoms with Crippen LogP contribution < -0.4 is 0 Å². The third-order valence-corrected chi connectivity index (χ3v) is 2.62. The summed E-state index contributed by atoms with van der Waals surface area (Å²) in [6.45, 7) is 0. The Labute approximate surface area is 90.5 Å². The number of hydrogen-bond donors (Lipinski definition) is 2. The minimum absolute atomic E-state index is 0.303. The first kappa shape index (κ1) is 8.91. The highest BCUT2D eigenvalue weighted by Crippen LogP contribution is 2.26. The number of aromatic carboxylic acids is 1. The lowest BCUT2D eigenvalue weighted by molar-refractivity contribution is 0.0699. The quantitative estimate of drug-likeness (QED) is 0.651. The summed E-state index contributed by atoms with van der Waals surface area (Å²) in [6, 6.07) is 8.84. The lowest BCUT2D eigenvalue weighted by Crippen LogP contribution is -1.96. The van der Waals surface area contributed by atoms with Crippen LogP contribution in [0.1, 0.15) is 10.4 Å². The summed E-state index contributed by atoms with van der Waals surface area (Å²) in [5, 5.41) is 10.7. The molecule has 4 nitrogen and oxygen atoms in total. The first-order valence-electron chi connectivity index (χ1n) is 4.86. The number of fused-ring (bicyclic) bond motifs is 3. The van der Waals surface area contributed by atoms with E-state index in [2.05, 4.69) is 9.97 Å². The average Bonchev–Trinajstić information content (AvgIpc) is 2.66. The number of nitrogens with zero attached hydrogens (tertiary/aromatic N) is 1. The number of nitrogens with one attached hydrogen (secondary N) is 1. The second-order valence-electron chi connectivity index (χ2n) is 3.56. The molecule has 0 aliphatic carbocycles. The monoisotopic (exact) mass is 212 g/mol. The molecule has 4 heteroatoms. The summed E-state index contributed by atoms with van der Waals surface area (Å²) in [6.07, 6.45) is 1.68. The second kappa shape index (κ2) is 3.06. The smallest absolute Gasteiger partial charge is 0.336 e. The van der Waals surface area contributed by atoms with E-state index in [4.69, 9.17) is 5.11 Å². The number of hydrogen-bond acceptors (Lipinski definition) is 2. The Morgan fingerprint density at radius 2 is 2.12 bits per heavy atom. The van der Waals surface area contributed by atoms with Crippen molar-refractivity contribution in [2.75, 3.05) is 0 Å². The zero-order valence-corrected chi connectivity index (χ0v) is 8.27. The van der Waals surface area contributed by atoms with Crippen LogP contribution in [0.25, 0.3) is 21.9 Å². The second-order valence-corrected chi connectivity index (χ2v) is 3.56. The van der Waals surface area contributed by atoms with Gasteiger partial charge >= 0.3 is 5.97 Å². The fourth-order valence-corrected chi connectivity index (χ4v) is 1.96. The molecular formula is C12H8N2O2. The normalized spacial score (nSPS) is 11.0. The minimum Gasteiger partial charge on any atom is -0.478 e. The van der Waals surface area contributed by atoms with Crippen molar-refractivity contribution in [1.82, 2.24) is 9.97 Å². The van der Waals surface area contributed by atoms with Crippen LogP contribution >= 0.6 is 0 Å². The molecule has 0 spiro atoms. The number of pyridine rings is 1. The molecule has 0 amide bonds. The number of aromatic amines is 1.